The number of piperidine rings is 1. The summed E-state index contributed by atoms with van der Waals surface area (Å²) < 4.78 is 10.8. The molecule has 168 valence electrons. The molecule has 1 saturated heterocycles. The van der Waals surface area contributed by atoms with Crippen LogP contribution in [-0.4, -0.2) is 54.9 Å². The molecule has 0 radical (unpaired) electrons. The third kappa shape index (κ3) is 3.45. The Bertz CT molecular complexity index is 1250. The lowest BCUT2D eigenvalue weighted by Gasteiger charge is -2.33. The monoisotopic (exact) mass is 437 g/mol. The summed E-state index contributed by atoms with van der Waals surface area (Å²) in [7, 11) is 3.39. The first-order chi connectivity index (χ1) is 15.5. The normalized spacial score (nSPS) is 18.7. The molecule has 1 N–H and O–H groups in total. The Hall–Kier alpha value is -3.56. The molecule has 5 rings (SSSR count). The molecule has 10 nitrogen and oxygen atoms in total. The number of nitrogens with one attached hydrogen (secondary N) is 1. The molecule has 32 heavy (non-hydrogen) atoms. The largest absolute Gasteiger partial charge is 0.478 e. The molecule has 0 spiro atoms. The first-order valence-corrected chi connectivity index (χ1v) is 10.9. The summed E-state index contributed by atoms with van der Waals surface area (Å²) in [5, 5.41) is 7.67. The van der Waals surface area contributed by atoms with Crippen LogP contribution in [0.15, 0.2) is 36.2 Å². The van der Waals surface area contributed by atoms with Gasteiger partial charge in [0.1, 0.15) is 16.7 Å². The molecule has 1 amide bonds. The van der Waals surface area contributed by atoms with Crippen molar-refractivity contribution in [1.29, 1.82) is 0 Å². The highest BCUT2D eigenvalue weighted by molar-refractivity contribution is 5.90. The first kappa shape index (κ1) is 20.3. The van der Waals surface area contributed by atoms with Gasteiger partial charge in [0, 0.05) is 32.4 Å². The Kier molecular flexibility index (Phi) is 4.99. The Morgan fingerprint density at radius 1 is 1.22 bits per heavy atom. The van der Waals surface area contributed by atoms with Crippen molar-refractivity contribution < 1.29 is 9.53 Å². The number of hydrogen-bond donors (Lipinski definition) is 1. The van der Waals surface area contributed by atoms with Crippen molar-refractivity contribution in [1.82, 2.24) is 28.8 Å². The van der Waals surface area contributed by atoms with Crippen molar-refractivity contribution in [3.05, 3.63) is 41.7 Å². The average molecular weight is 438 g/mol. The molecule has 10 heteroatoms. The highest BCUT2D eigenvalue weighted by Gasteiger charge is 2.30. The fourth-order valence-corrected chi connectivity index (χ4v) is 4.50. The van der Waals surface area contributed by atoms with E-state index in [9.17, 15) is 9.59 Å². The molecule has 2 aliphatic rings. The van der Waals surface area contributed by atoms with E-state index in [-0.39, 0.29) is 17.5 Å². The molecule has 3 aromatic heterocycles. The number of aryl methyl sites for hydroxylation is 1. The van der Waals surface area contributed by atoms with Crippen LogP contribution >= 0.6 is 0 Å². The molecule has 1 aliphatic carbocycles. The fraction of sp³-hybridized carbons (Fsp3) is 0.455. The van der Waals surface area contributed by atoms with Crippen LogP contribution in [0.4, 0.5) is 11.4 Å². The SMILES string of the molecule is C=CC(=O)N1CCCC(n2cc(Nc3cn(C)nc3OC)c3ncn(C4CC4)c3c2=O)C1. The minimum Gasteiger partial charge on any atom is -0.478 e. The number of likely N-dealkylation sites (tertiary alicyclic amines) is 1. The van der Waals surface area contributed by atoms with Crippen molar-refractivity contribution in [2.75, 3.05) is 25.5 Å². The van der Waals surface area contributed by atoms with Gasteiger partial charge in [-0.15, -0.1) is 5.10 Å². The molecule has 1 saturated carbocycles. The van der Waals surface area contributed by atoms with Gasteiger partial charge >= 0.3 is 0 Å². The molecular formula is C22H27N7O3. The number of ether oxygens (including phenoxy) is 1. The summed E-state index contributed by atoms with van der Waals surface area (Å²) in [4.78, 5) is 32.2. The van der Waals surface area contributed by atoms with Crippen molar-refractivity contribution in [2.24, 2.45) is 7.05 Å². The van der Waals surface area contributed by atoms with Gasteiger partial charge in [0.25, 0.3) is 11.4 Å². The topological polar surface area (TPSA) is 99.2 Å². The zero-order chi connectivity index (χ0) is 22.4. The number of pyridine rings is 1. The molecule has 2 fully saturated rings. The molecule has 4 heterocycles. The highest BCUT2D eigenvalue weighted by atomic mass is 16.5. The summed E-state index contributed by atoms with van der Waals surface area (Å²) in [6.45, 7) is 4.75. The van der Waals surface area contributed by atoms with Gasteiger partial charge in [-0.3, -0.25) is 14.3 Å². The molecule has 3 aromatic rings. The van der Waals surface area contributed by atoms with Crippen molar-refractivity contribution in [3.8, 4) is 5.88 Å². The molecule has 0 aromatic carbocycles. The van der Waals surface area contributed by atoms with Gasteiger partial charge in [-0.05, 0) is 31.8 Å². The lowest BCUT2D eigenvalue weighted by molar-refractivity contribution is -0.127. The summed E-state index contributed by atoms with van der Waals surface area (Å²) in [6, 6.07) is 0.193. The van der Waals surface area contributed by atoms with Gasteiger partial charge < -0.3 is 24.1 Å². The van der Waals surface area contributed by atoms with E-state index in [0.717, 1.165) is 25.7 Å². The second-order valence-corrected chi connectivity index (χ2v) is 8.47. The Morgan fingerprint density at radius 2 is 2.03 bits per heavy atom. The number of fused-ring (bicyclic) bond motifs is 1. The number of amides is 1. The van der Waals surface area contributed by atoms with E-state index >= 15 is 0 Å². The number of aromatic nitrogens is 5. The third-order valence-electron chi connectivity index (χ3n) is 6.23. The van der Waals surface area contributed by atoms with Crippen LogP contribution in [-0.2, 0) is 11.8 Å². The van der Waals surface area contributed by atoms with Crippen LogP contribution in [0.5, 0.6) is 5.88 Å². The third-order valence-corrected chi connectivity index (χ3v) is 6.23. The lowest BCUT2D eigenvalue weighted by Crippen LogP contribution is -2.42. The van der Waals surface area contributed by atoms with Gasteiger partial charge in [0.15, 0.2) is 0 Å². The van der Waals surface area contributed by atoms with Crippen molar-refractivity contribution in [3.63, 3.8) is 0 Å². The number of carbonyl (C=O) groups is 1. The molecular weight excluding hydrogens is 410 g/mol. The maximum atomic E-state index is 13.6. The van der Waals surface area contributed by atoms with Gasteiger partial charge in [-0.2, -0.15) is 0 Å². The number of imidazole rings is 1. The summed E-state index contributed by atoms with van der Waals surface area (Å²) in [5.74, 6) is 0.353. The Labute approximate surface area is 185 Å². The molecule has 1 aliphatic heterocycles. The Balaban J connectivity index is 1.62. The predicted molar refractivity (Wildman–Crippen MR) is 120 cm³/mol. The smallest absolute Gasteiger partial charge is 0.277 e. The standard InChI is InChI=1S/C22H27N7O3/c1-4-18(30)27-9-5-6-15(10-27)28-12-16(24-17-11-26(2)25-21(17)32-3)19-20(22(28)31)29(13-23-19)14-7-8-14/h4,11-15,24H,1,5-10H2,2-3H3. The number of methoxy groups -OCH3 is 1. The quantitative estimate of drug-likeness (QED) is 0.595. The number of carbonyl (C=O) groups excluding carboxylic acids is 1. The van der Waals surface area contributed by atoms with Crippen molar-refractivity contribution >= 4 is 28.3 Å². The van der Waals surface area contributed by atoms with Crippen LogP contribution in [0.3, 0.4) is 0 Å². The van der Waals surface area contributed by atoms with Gasteiger partial charge in [0.2, 0.25) is 5.91 Å². The number of rotatable bonds is 6. The van der Waals surface area contributed by atoms with Crippen LogP contribution in [0.1, 0.15) is 37.8 Å². The summed E-state index contributed by atoms with van der Waals surface area (Å²) in [6.07, 6.45) is 10.5. The summed E-state index contributed by atoms with van der Waals surface area (Å²) in [5.41, 5.74) is 2.53. The van der Waals surface area contributed by atoms with E-state index in [4.69, 9.17) is 4.74 Å². The van der Waals surface area contributed by atoms with Gasteiger partial charge in [-0.1, -0.05) is 6.58 Å². The summed E-state index contributed by atoms with van der Waals surface area (Å²) >= 11 is 0. The zero-order valence-electron chi connectivity index (χ0n) is 18.3. The highest BCUT2D eigenvalue weighted by Crippen LogP contribution is 2.38. The molecule has 0 bridgehead atoms. The van der Waals surface area contributed by atoms with Gasteiger partial charge in [0.05, 0.1) is 31.4 Å². The Morgan fingerprint density at radius 3 is 2.75 bits per heavy atom. The van der Waals surface area contributed by atoms with Crippen LogP contribution in [0, 0.1) is 0 Å². The fourth-order valence-electron chi connectivity index (χ4n) is 4.50. The first-order valence-electron chi connectivity index (χ1n) is 10.9. The second-order valence-electron chi connectivity index (χ2n) is 8.47. The lowest BCUT2D eigenvalue weighted by atomic mass is 10.0. The van der Waals surface area contributed by atoms with Crippen LogP contribution < -0.4 is 15.6 Å². The van der Waals surface area contributed by atoms with E-state index in [1.807, 2.05) is 24.0 Å². The van der Waals surface area contributed by atoms with E-state index in [0.29, 0.717) is 47.4 Å². The minimum atomic E-state index is -0.122. The average Bonchev–Trinajstić information content (AvgIpc) is 3.44. The van der Waals surface area contributed by atoms with Gasteiger partial charge in [-0.25, -0.2) is 4.98 Å². The number of nitrogens with zero attached hydrogens (tertiary/aromatic N) is 6. The maximum Gasteiger partial charge on any atom is 0.277 e. The van der Waals surface area contributed by atoms with E-state index in [2.05, 4.69) is 22.0 Å². The van der Waals surface area contributed by atoms with Crippen molar-refractivity contribution in [2.45, 2.75) is 37.8 Å². The minimum absolute atomic E-state index is 0.0778. The molecule has 1 unspecified atom stereocenters. The number of hydrogen-bond acceptors (Lipinski definition) is 6. The van der Waals surface area contributed by atoms with E-state index in [1.54, 1.807) is 27.6 Å². The second kappa shape index (κ2) is 7.85. The van der Waals surface area contributed by atoms with E-state index < -0.39 is 0 Å². The van der Waals surface area contributed by atoms with Crippen LogP contribution in [0.2, 0.25) is 0 Å². The maximum absolute atomic E-state index is 13.6. The predicted octanol–water partition coefficient (Wildman–Crippen LogP) is 2.37. The molecule has 1 atom stereocenters. The zero-order valence-corrected chi connectivity index (χ0v) is 18.3. The number of anilines is 2. The van der Waals surface area contributed by atoms with E-state index in [1.165, 1.54) is 6.08 Å². The van der Waals surface area contributed by atoms with Crippen LogP contribution in [0.25, 0.3) is 11.0 Å².